The van der Waals surface area contributed by atoms with E-state index in [0.29, 0.717) is 0 Å². The van der Waals surface area contributed by atoms with E-state index in [4.69, 9.17) is 4.74 Å². The molecule has 0 saturated heterocycles. The largest absolute Gasteiger partial charge is 0.497 e. The summed E-state index contributed by atoms with van der Waals surface area (Å²) >= 11 is 3.45. The molecule has 2 rings (SSSR count). The topological polar surface area (TPSA) is 22.1 Å². The average Bonchev–Trinajstić information content (AvgIpc) is 2.39. The minimum Gasteiger partial charge on any atom is -0.497 e. The van der Waals surface area contributed by atoms with Crippen LogP contribution in [0, 0.1) is 6.92 Å². The molecule has 0 spiro atoms. The van der Waals surface area contributed by atoms with E-state index < -0.39 is 0 Å². The molecule has 1 aromatic carbocycles. The van der Waals surface area contributed by atoms with Gasteiger partial charge in [-0.05, 0) is 42.8 Å². The number of halogens is 1. The van der Waals surface area contributed by atoms with Gasteiger partial charge in [0.15, 0.2) is 0 Å². The van der Waals surface area contributed by atoms with Crippen molar-refractivity contribution in [3.8, 4) is 17.0 Å². The summed E-state index contributed by atoms with van der Waals surface area (Å²) in [6.45, 7) is 2.03. The Hall–Kier alpha value is -1.35. The first-order valence-electron chi connectivity index (χ1n) is 5.41. The van der Waals surface area contributed by atoms with E-state index in [-0.39, 0.29) is 0 Å². The molecule has 0 amide bonds. The first-order chi connectivity index (χ1) is 8.24. The van der Waals surface area contributed by atoms with Crippen molar-refractivity contribution in [1.82, 2.24) is 4.98 Å². The van der Waals surface area contributed by atoms with Crippen LogP contribution in [0.25, 0.3) is 11.3 Å². The van der Waals surface area contributed by atoms with Crippen molar-refractivity contribution in [2.45, 2.75) is 12.3 Å². The van der Waals surface area contributed by atoms with Crippen molar-refractivity contribution in [2.75, 3.05) is 7.11 Å². The Bertz CT molecular complexity index is 508. The third-order valence-corrected chi connectivity index (χ3v) is 3.33. The van der Waals surface area contributed by atoms with Crippen molar-refractivity contribution in [3.63, 3.8) is 0 Å². The summed E-state index contributed by atoms with van der Waals surface area (Å²) in [5.74, 6) is 0.863. The predicted octanol–water partition coefficient (Wildman–Crippen LogP) is 3.96. The van der Waals surface area contributed by atoms with Crippen molar-refractivity contribution in [1.29, 1.82) is 0 Å². The maximum atomic E-state index is 5.14. The summed E-state index contributed by atoms with van der Waals surface area (Å²) in [4.78, 5) is 4.60. The van der Waals surface area contributed by atoms with E-state index in [1.165, 1.54) is 5.56 Å². The molecule has 0 N–H and O–H groups in total. The maximum absolute atomic E-state index is 5.14. The van der Waals surface area contributed by atoms with Gasteiger partial charge in [-0.25, -0.2) is 0 Å². The lowest BCUT2D eigenvalue weighted by molar-refractivity contribution is 0.415. The molecule has 2 nitrogen and oxygen atoms in total. The molecule has 0 bridgehead atoms. The van der Waals surface area contributed by atoms with Gasteiger partial charge in [-0.2, -0.15) is 0 Å². The summed E-state index contributed by atoms with van der Waals surface area (Å²) in [5, 5.41) is 0.842. The fourth-order valence-electron chi connectivity index (χ4n) is 1.65. The number of pyridine rings is 1. The second kappa shape index (κ2) is 5.32. The number of nitrogens with zero attached hydrogens (tertiary/aromatic N) is 1. The smallest absolute Gasteiger partial charge is 0.118 e. The van der Waals surface area contributed by atoms with Crippen LogP contribution in [0.3, 0.4) is 0 Å². The van der Waals surface area contributed by atoms with Crippen LogP contribution in [0.2, 0.25) is 0 Å². The quantitative estimate of drug-likeness (QED) is 0.799. The van der Waals surface area contributed by atoms with Gasteiger partial charge in [0.1, 0.15) is 5.75 Å². The fraction of sp³-hybridized carbons (Fsp3) is 0.214. The van der Waals surface area contributed by atoms with E-state index in [9.17, 15) is 0 Å². The van der Waals surface area contributed by atoms with Crippen LogP contribution in [-0.4, -0.2) is 12.1 Å². The lowest BCUT2D eigenvalue weighted by Crippen LogP contribution is -1.92. The van der Waals surface area contributed by atoms with Crippen molar-refractivity contribution in [3.05, 3.63) is 47.7 Å². The van der Waals surface area contributed by atoms with E-state index in [1.807, 2.05) is 37.3 Å². The Balaban J connectivity index is 2.35. The number of benzene rings is 1. The lowest BCUT2D eigenvalue weighted by atomic mass is 10.1. The Labute approximate surface area is 110 Å². The van der Waals surface area contributed by atoms with Gasteiger partial charge >= 0.3 is 0 Å². The molecular weight excluding hydrogens is 278 g/mol. The molecule has 1 aromatic heterocycles. The zero-order chi connectivity index (χ0) is 12.3. The molecule has 0 fully saturated rings. The van der Waals surface area contributed by atoms with Crippen molar-refractivity contribution in [2.24, 2.45) is 0 Å². The highest BCUT2D eigenvalue weighted by Gasteiger charge is 2.03. The first-order valence-corrected chi connectivity index (χ1v) is 6.53. The standard InChI is InChI=1S/C14H14BrNO/c1-10-12(9-15)5-8-14(16-10)11-3-6-13(17-2)7-4-11/h3-8H,9H2,1-2H3. The number of methoxy groups -OCH3 is 1. The molecule has 17 heavy (non-hydrogen) atoms. The number of hydrogen-bond donors (Lipinski definition) is 0. The van der Waals surface area contributed by atoms with Crippen LogP contribution >= 0.6 is 15.9 Å². The highest BCUT2D eigenvalue weighted by atomic mass is 79.9. The third kappa shape index (κ3) is 2.67. The molecule has 0 atom stereocenters. The van der Waals surface area contributed by atoms with Gasteiger partial charge in [0.05, 0.1) is 12.8 Å². The molecule has 0 unspecified atom stereocenters. The summed E-state index contributed by atoms with van der Waals surface area (Å²) < 4.78 is 5.14. The van der Waals surface area contributed by atoms with Crippen LogP contribution in [0.5, 0.6) is 5.75 Å². The Morgan fingerprint density at radius 1 is 1.12 bits per heavy atom. The van der Waals surface area contributed by atoms with Crippen LogP contribution in [0.4, 0.5) is 0 Å². The highest BCUT2D eigenvalue weighted by molar-refractivity contribution is 9.08. The van der Waals surface area contributed by atoms with E-state index >= 15 is 0 Å². The number of hydrogen-bond acceptors (Lipinski definition) is 2. The number of ether oxygens (including phenoxy) is 1. The second-order valence-electron chi connectivity index (χ2n) is 3.80. The molecule has 0 aliphatic carbocycles. The van der Waals surface area contributed by atoms with Gasteiger partial charge in [-0.3, -0.25) is 4.98 Å². The van der Waals surface area contributed by atoms with E-state index in [0.717, 1.165) is 28.0 Å². The monoisotopic (exact) mass is 291 g/mol. The second-order valence-corrected chi connectivity index (χ2v) is 4.36. The first kappa shape index (κ1) is 12.1. The molecule has 0 aliphatic rings. The van der Waals surface area contributed by atoms with Crippen LogP contribution in [0.1, 0.15) is 11.3 Å². The molecule has 88 valence electrons. The van der Waals surface area contributed by atoms with Gasteiger partial charge in [-0.1, -0.05) is 22.0 Å². The summed E-state index contributed by atoms with van der Waals surface area (Å²) in [5.41, 5.74) is 4.39. The number of aryl methyl sites for hydroxylation is 1. The number of alkyl halides is 1. The molecule has 2 aromatic rings. The van der Waals surface area contributed by atoms with Crippen LogP contribution in [0.15, 0.2) is 36.4 Å². The number of aromatic nitrogens is 1. The molecular formula is C14H14BrNO. The van der Waals surface area contributed by atoms with Crippen LogP contribution < -0.4 is 4.74 Å². The molecule has 1 heterocycles. The predicted molar refractivity (Wildman–Crippen MR) is 73.6 cm³/mol. The zero-order valence-electron chi connectivity index (χ0n) is 9.90. The average molecular weight is 292 g/mol. The number of rotatable bonds is 3. The van der Waals surface area contributed by atoms with Crippen molar-refractivity contribution < 1.29 is 4.74 Å². The lowest BCUT2D eigenvalue weighted by Gasteiger charge is -2.06. The van der Waals surface area contributed by atoms with Gasteiger partial charge in [-0.15, -0.1) is 0 Å². The Kier molecular flexibility index (Phi) is 3.79. The van der Waals surface area contributed by atoms with Gasteiger partial charge in [0, 0.05) is 16.6 Å². The molecule has 0 aliphatic heterocycles. The molecule has 0 saturated carbocycles. The normalized spacial score (nSPS) is 10.3. The van der Waals surface area contributed by atoms with Gasteiger partial charge < -0.3 is 4.74 Å². The SMILES string of the molecule is COc1ccc(-c2ccc(CBr)c(C)n2)cc1. The molecule has 3 heteroatoms. The van der Waals surface area contributed by atoms with E-state index in [1.54, 1.807) is 7.11 Å². The van der Waals surface area contributed by atoms with E-state index in [2.05, 4.69) is 27.0 Å². The fourth-order valence-corrected chi connectivity index (χ4v) is 2.25. The summed E-state index contributed by atoms with van der Waals surface area (Å²) in [7, 11) is 1.67. The van der Waals surface area contributed by atoms with Gasteiger partial charge in [0.25, 0.3) is 0 Å². The zero-order valence-corrected chi connectivity index (χ0v) is 11.5. The minimum absolute atomic E-state index is 0.842. The molecule has 0 radical (unpaired) electrons. The summed E-state index contributed by atoms with van der Waals surface area (Å²) in [6.07, 6.45) is 0. The Morgan fingerprint density at radius 3 is 2.35 bits per heavy atom. The third-order valence-electron chi connectivity index (χ3n) is 2.73. The van der Waals surface area contributed by atoms with Crippen LogP contribution in [-0.2, 0) is 5.33 Å². The maximum Gasteiger partial charge on any atom is 0.118 e. The van der Waals surface area contributed by atoms with Gasteiger partial charge in [0.2, 0.25) is 0 Å². The van der Waals surface area contributed by atoms with Crippen molar-refractivity contribution >= 4 is 15.9 Å². The minimum atomic E-state index is 0.842. The summed E-state index contributed by atoms with van der Waals surface area (Å²) in [6, 6.07) is 12.1. The highest BCUT2D eigenvalue weighted by Crippen LogP contribution is 2.22. The Morgan fingerprint density at radius 2 is 1.82 bits per heavy atom.